The van der Waals surface area contributed by atoms with Gasteiger partial charge in [0.15, 0.2) is 0 Å². The molecule has 1 N–H and O–H groups in total. The molecule has 0 aromatic heterocycles. The topological polar surface area (TPSA) is 60.9 Å². The quantitative estimate of drug-likeness (QED) is 0.801. The van der Waals surface area contributed by atoms with Crippen molar-refractivity contribution in [3.05, 3.63) is 29.8 Å². The number of carbonyl (C=O) groups is 2. The monoisotopic (exact) mass is 234 g/mol. The van der Waals surface area contributed by atoms with E-state index in [1.807, 2.05) is 31.2 Å². The maximum absolute atomic E-state index is 11.9. The summed E-state index contributed by atoms with van der Waals surface area (Å²) >= 11 is 0. The zero-order valence-corrected chi connectivity index (χ0v) is 9.59. The Bertz CT molecular complexity index is 459. The minimum atomic E-state index is -1.06. The van der Waals surface area contributed by atoms with Crippen LogP contribution in [-0.4, -0.2) is 35.1 Å². The highest BCUT2D eigenvalue weighted by molar-refractivity contribution is 5.97. The van der Waals surface area contributed by atoms with E-state index in [9.17, 15) is 9.59 Å². The number of fused-ring (bicyclic) bond motifs is 1. The third kappa shape index (κ3) is 2.08. The van der Waals surface area contributed by atoms with Gasteiger partial charge in [0.1, 0.15) is 6.54 Å². The Kier molecular flexibility index (Phi) is 2.99. The first-order valence-corrected chi connectivity index (χ1v) is 5.49. The van der Waals surface area contributed by atoms with Crippen molar-refractivity contribution in [2.24, 2.45) is 0 Å². The van der Waals surface area contributed by atoms with Crippen LogP contribution < -0.4 is 4.90 Å². The number of amides is 2. The van der Waals surface area contributed by atoms with Crippen molar-refractivity contribution in [3.8, 4) is 0 Å². The molecule has 0 atom stereocenters. The number of carbonyl (C=O) groups excluding carboxylic acids is 1. The summed E-state index contributed by atoms with van der Waals surface area (Å²) in [5.41, 5.74) is 1.67. The number of benzene rings is 1. The first-order valence-electron chi connectivity index (χ1n) is 5.49. The molecule has 0 spiro atoms. The molecule has 0 unspecified atom stereocenters. The van der Waals surface area contributed by atoms with Crippen molar-refractivity contribution in [2.45, 2.75) is 13.5 Å². The van der Waals surface area contributed by atoms with Crippen LogP contribution in [0.1, 0.15) is 12.5 Å². The molecule has 1 aliphatic heterocycles. The molecule has 2 amide bonds. The van der Waals surface area contributed by atoms with Crippen LogP contribution in [0.2, 0.25) is 0 Å². The van der Waals surface area contributed by atoms with Crippen molar-refractivity contribution in [1.82, 2.24) is 4.90 Å². The summed E-state index contributed by atoms with van der Waals surface area (Å²) in [4.78, 5) is 25.7. The molecule has 0 saturated heterocycles. The minimum absolute atomic E-state index is 0.0855. The minimum Gasteiger partial charge on any atom is -0.465 e. The van der Waals surface area contributed by atoms with Crippen LogP contribution in [-0.2, 0) is 11.3 Å². The summed E-state index contributed by atoms with van der Waals surface area (Å²) in [5.74, 6) is -0.181. The maximum Gasteiger partial charge on any atom is 0.408 e. The highest BCUT2D eigenvalue weighted by atomic mass is 16.4. The number of hydrogen-bond acceptors (Lipinski definition) is 2. The lowest BCUT2D eigenvalue weighted by Crippen LogP contribution is -2.39. The van der Waals surface area contributed by atoms with Crippen LogP contribution in [0.5, 0.6) is 0 Å². The molecule has 5 nitrogen and oxygen atoms in total. The SMILES string of the molecule is CCN1C(=O)CN(C(=O)O)Cc2ccccc21. The van der Waals surface area contributed by atoms with Crippen LogP contribution in [0.25, 0.3) is 0 Å². The largest absolute Gasteiger partial charge is 0.465 e. The highest BCUT2D eigenvalue weighted by Crippen LogP contribution is 2.25. The lowest BCUT2D eigenvalue weighted by Gasteiger charge is -2.20. The summed E-state index contributed by atoms with van der Waals surface area (Å²) in [7, 11) is 0. The van der Waals surface area contributed by atoms with Gasteiger partial charge in [-0.15, -0.1) is 0 Å². The molecule has 2 rings (SSSR count). The molecule has 0 fully saturated rings. The number of likely N-dealkylation sites (N-methyl/N-ethyl adjacent to an activating group) is 1. The molecule has 0 bridgehead atoms. The first-order chi connectivity index (χ1) is 8.13. The van der Waals surface area contributed by atoms with Crippen LogP contribution in [0, 0.1) is 0 Å². The Morgan fingerprint density at radius 1 is 1.35 bits per heavy atom. The van der Waals surface area contributed by atoms with Gasteiger partial charge in [-0.25, -0.2) is 4.79 Å². The number of rotatable bonds is 1. The fraction of sp³-hybridized carbons (Fsp3) is 0.333. The number of nitrogens with zero attached hydrogens (tertiary/aromatic N) is 2. The van der Waals surface area contributed by atoms with Gasteiger partial charge in [0.25, 0.3) is 0 Å². The molecular formula is C12H14N2O3. The second kappa shape index (κ2) is 4.45. The molecule has 1 aromatic rings. The van der Waals surface area contributed by atoms with E-state index in [2.05, 4.69) is 0 Å². The Balaban J connectivity index is 2.45. The lowest BCUT2D eigenvalue weighted by atomic mass is 10.1. The van der Waals surface area contributed by atoms with Gasteiger partial charge in [0.2, 0.25) is 5.91 Å². The zero-order chi connectivity index (χ0) is 12.4. The second-order valence-electron chi connectivity index (χ2n) is 3.91. The van der Waals surface area contributed by atoms with Crippen LogP contribution in [0.3, 0.4) is 0 Å². The van der Waals surface area contributed by atoms with Crippen LogP contribution in [0.4, 0.5) is 10.5 Å². The average Bonchev–Trinajstić information content (AvgIpc) is 2.44. The normalized spacial score (nSPS) is 15.5. The third-order valence-corrected chi connectivity index (χ3v) is 2.86. The molecule has 1 heterocycles. The van der Waals surface area contributed by atoms with E-state index in [0.29, 0.717) is 6.54 Å². The maximum atomic E-state index is 11.9. The molecule has 1 aromatic carbocycles. The first kappa shape index (κ1) is 11.4. The van der Waals surface area contributed by atoms with Crippen LogP contribution >= 0.6 is 0 Å². The molecular weight excluding hydrogens is 220 g/mol. The smallest absolute Gasteiger partial charge is 0.408 e. The van der Waals surface area contributed by atoms with E-state index in [-0.39, 0.29) is 19.0 Å². The summed E-state index contributed by atoms with van der Waals surface area (Å²) in [6, 6.07) is 7.41. The van der Waals surface area contributed by atoms with E-state index in [4.69, 9.17) is 5.11 Å². The molecule has 5 heteroatoms. The van der Waals surface area contributed by atoms with E-state index in [0.717, 1.165) is 16.2 Å². The van der Waals surface area contributed by atoms with E-state index in [1.165, 1.54) is 0 Å². The molecule has 1 aliphatic rings. The van der Waals surface area contributed by atoms with Gasteiger partial charge in [-0.1, -0.05) is 18.2 Å². The standard InChI is InChI=1S/C12H14N2O3/c1-2-14-10-6-4-3-5-9(10)7-13(12(16)17)8-11(14)15/h3-6H,2,7-8H2,1H3,(H,16,17). The summed E-state index contributed by atoms with van der Waals surface area (Å²) in [6.45, 7) is 2.60. The Labute approximate surface area is 99.3 Å². The summed E-state index contributed by atoms with van der Waals surface area (Å²) in [6.07, 6.45) is -1.06. The Morgan fingerprint density at radius 2 is 2.06 bits per heavy atom. The van der Waals surface area contributed by atoms with Crippen molar-refractivity contribution < 1.29 is 14.7 Å². The molecule has 90 valence electrons. The van der Waals surface area contributed by atoms with Gasteiger partial charge >= 0.3 is 6.09 Å². The van der Waals surface area contributed by atoms with Gasteiger partial charge in [0.05, 0.1) is 6.54 Å². The number of carboxylic acid groups (broad SMARTS) is 1. The molecule has 17 heavy (non-hydrogen) atoms. The van der Waals surface area contributed by atoms with E-state index < -0.39 is 6.09 Å². The molecule has 0 radical (unpaired) electrons. The molecule has 0 aliphatic carbocycles. The fourth-order valence-electron chi connectivity index (χ4n) is 2.03. The van der Waals surface area contributed by atoms with Crippen molar-refractivity contribution in [2.75, 3.05) is 18.0 Å². The van der Waals surface area contributed by atoms with Crippen molar-refractivity contribution in [3.63, 3.8) is 0 Å². The Hall–Kier alpha value is -2.04. The van der Waals surface area contributed by atoms with Gasteiger partial charge < -0.3 is 10.0 Å². The van der Waals surface area contributed by atoms with Gasteiger partial charge in [-0.2, -0.15) is 0 Å². The summed E-state index contributed by atoms with van der Waals surface area (Å²) in [5, 5.41) is 9.02. The van der Waals surface area contributed by atoms with Crippen LogP contribution in [0.15, 0.2) is 24.3 Å². The second-order valence-corrected chi connectivity index (χ2v) is 3.91. The fourth-order valence-corrected chi connectivity index (χ4v) is 2.03. The Morgan fingerprint density at radius 3 is 2.71 bits per heavy atom. The van der Waals surface area contributed by atoms with E-state index >= 15 is 0 Å². The number of hydrogen-bond donors (Lipinski definition) is 1. The third-order valence-electron chi connectivity index (χ3n) is 2.86. The van der Waals surface area contributed by atoms with Crippen molar-refractivity contribution in [1.29, 1.82) is 0 Å². The molecule has 0 saturated carbocycles. The predicted octanol–water partition coefficient (Wildman–Crippen LogP) is 1.53. The summed E-state index contributed by atoms with van der Waals surface area (Å²) < 4.78 is 0. The van der Waals surface area contributed by atoms with Gasteiger partial charge in [-0.05, 0) is 18.6 Å². The lowest BCUT2D eigenvalue weighted by molar-refractivity contribution is -0.119. The predicted molar refractivity (Wildman–Crippen MR) is 62.9 cm³/mol. The highest BCUT2D eigenvalue weighted by Gasteiger charge is 2.27. The van der Waals surface area contributed by atoms with Gasteiger partial charge in [-0.3, -0.25) is 9.69 Å². The average molecular weight is 234 g/mol. The zero-order valence-electron chi connectivity index (χ0n) is 9.59. The van der Waals surface area contributed by atoms with E-state index in [1.54, 1.807) is 4.90 Å². The number of anilines is 1. The number of para-hydroxylation sites is 1. The van der Waals surface area contributed by atoms with Gasteiger partial charge in [0, 0.05) is 12.2 Å². The van der Waals surface area contributed by atoms with Crippen molar-refractivity contribution >= 4 is 17.7 Å².